The molecule has 0 aromatic rings. The van der Waals surface area contributed by atoms with E-state index in [1.807, 2.05) is 0 Å². The van der Waals surface area contributed by atoms with E-state index in [-0.39, 0.29) is 17.5 Å². The highest BCUT2D eigenvalue weighted by molar-refractivity contribution is 5.87. The number of nitrogens with zero attached hydrogens (tertiary/aromatic N) is 1. The average Bonchev–Trinajstić information content (AvgIpc) is 2.72. The van der Waals surface area contributed by atoms with Gasteiger partial charge in [0.25, 0.3) is 0 Å². The molecule has 0 saturated heterocycles. The number of rotatable bonds is 2. The number of allylic oxidation sites excluding steroid dienone is 1. The molecule has 0 N–H and O–H groups in total. The molecule has 3 nitrogen and oxygen atoms in total. The highest BCUT2D eigenvalue weighted by atomic mass is 16.5. The summed E-state index contributed by atoms with van der Waals surface area (Å²) in [4.78, 5) is 11.6. The third-order valence-corrected chi connectivity index (χ3v) is 5.40. The molecule has 2 saturated carbocycles. The van der Waals surface area contributed by atoms with Crippen LogP contribution in [-0.4, -0.2) is 12.1 Å². The van der Waals surface area contributed by atoms with Crippen molar-refractivity contribution >= 4 is 5.97 Å². The van der Waals surface area contributed by atoms with Gasteiger partial charge < -0.3 is 4.74 Å². The molecular formula is C17H25NO2. The van der Waals surface area contributed by atoms with Crippen molar-refractivity contribution in [3.63, 3.8) is 0 Å². The van der Waals surface area contributed by atoms with E-state index < -0.39 is 0 Å². The van der Waals surface area contributed by atoms with E-state index in [0.717, 1.165) is 6.42 Å². The first-order valence-corrected chi connectivity index (χ1v) is 7.07. The SMILES string of the molecule is C=C(C)C(=O)O[C@H]1C[C@@H]2CC[C@@]1(C)C2(C)C.C=CC#N. The zero-order chi connectivity index (χ0) is 15.6. The van der Waals surface area contributed by atoms with E-state index in [4.69, 9.17) is 10.00 Å². The molecule has 0 radical (unpaired) electrons. The molecule has 3 heteroatoms. The first-order chi connectivity index (χ1) is 9.20. The van der Waals surface area contributed by atoms with Gasteiger partial charge in [0, 0.05) is 17.1 Å². The fourth-order valence-corrected chi connectivity index (χ4v) is 3.54. The van der Waals surface area contributed by atoms with Gasteiger partial charge in [0.05, 0.1) is 6.07 Å². The van der Waals surface area contributed by atoms with Crippen LogP contribution in [0.25, 0.3) is 0 Å². The topological polar surface area (TPSA) is 50.1 Å². The Morgan fingerprint density at radius 1 is 1.45 bits per heavy atom. The molecule has 0 heterocycles. The van der Waals surface area contributed by atoms with Gasteiger partial charge in [0.2, 0.25) is 0 Å². The van der Waals surface area contributed by atoms with E-state index >= 15 is 0 Å². The molecule has 0 unspecified atom stereocenters. The second kappa shape index (κ2) is 5.83. The molecule has 0 spiro atoms. The smallest absolute Gasteiger partial charge is 0.333 e. The zero-order valence-electron chi connectivity index (χ0n) is 13.0. The molecule has 0 aromatic heterocycles. The van der Waals surface area contributed by atoms with Gasteiger partial charge in [-0.3, -0.25) is 0 Å². The maximum atomic E-state index is 11.6. The van der Waals surface area contributed by atoms with Gasteiger partial charge in [-0.25, -0.2) is 4.79 Å². The molecule has 2 aliphatic carbocycles. The van der Waals surface area contributed by atoms with E-state index in [0.29, 0.717) is 16.9 Å². The third-order valence-electron chi connectivity index (χ3n) is 5.40. The Bertz CT molecular complexity index is 458. The first kappa shape index (κ1) is 16.5. The molecule has 2 aliphatic rings. The Hall–Kier alpha value is -1.56. The van der Waals surface area contributed by atoms with Crippen molar-refractivity contribution in [2.75, 3.05) is 0 Å². The molecular weight excluding hydrogens is 250 g/mol. The normalized spacial score (nSPS) is 32.5. The summed E-state index contributed by atoms with van der Waals surface area (Å²) in [6.07, 6.45) is 4.76. The van der Waals surface area contributed by atoms with Crippen LogP contribution in [0.4, 0.5) is 0 Å². The highest BCUT2D eigenvalue weighted by Gasteiger charge is 2.62. The number of hydrogen-bond donors (Lipinski definition) is 0. The molecule has 20 heavy (non-hydrogen) atoms. The van der Waals surface area contributed by atoms with Crippen molar-refractivity contribution < 1.29 is 9.53 Å². The summed E-state index contributed by atoms with van der Waals surface area (Å²) in [7, 11) is 0. The lowest BCUT2D eigenvalue weighted by Gasteiger charge is -2.38. The molecule has 110 valence electrons. The minimum atomic E-state index is -0.227. The Morgan fingerprint density at radius 2 is 2.00 bits per heavy atom. The number of ether oxygens (including phenoxy) is 1. The van der Waals surface area contributed by atoms with E-state index in [9.17, 15) is 4.79 Å². The summed E-state index contributed by atoms with van der Waals surface area (Å²) in [6.45, 7) is 15.4. The van der Waals surface area contributed by atoms with Crippen LogP contribution < -0.4 is 0 Å². The summed E-state index contributed by atoms with van der Waals surface area (Å²) in [5.41, 5.74) is 0.958. The Labute approximate surface area is 122 Å². The lowest BCUT2D eigenvalue weighted by atomic mass is 9.70. The zero-order valence-corrected chi connectivity index (χ0v) is 13.0. The predicted molar refractivity (Wildman–Crippen MR) is 79.7 cm³/mol. The molecule has 3 atom stereocenters. The second-order valence-corrected chi connectivity index (χ2v) is 6.62. The van der Waals surface area contributed by atoms with E-state index in [2.05, 4.69) is 33.9 Å². The van der Waals surface area contributed by atoms with Crippen LogP contribution in [0.15, 0.2) is 24.8 Å². The molecule has 2 fully saturated rings. The minimum Gasteiger partial charge on any atom is -0.458 e. The molecule has 0 amide bonds. The van der Waals surface area contributed by atoms with Gasteiger partial charge in [-0.15, -0.1) is 0 Å². The van der Waals surface area contributed by atoms with Crippen LogP contribution >= 0.6 is 0 Å². The van der Waals surface area contributed by atoms with Gasteiger partial charge in [-0.2, -0.15) is 5.26 Å². The van der Waals surface area contributed by atoms with Crippen LogP contribution in [0.2, 0.25) is 0 Å². The van der Waals surface area contributed by atoms with E-state index in [1.54, 1.807) is 13.0 Å². The van der Waals surface area contributed by atoms with Crippen LogP contribution in [0, 0.1) is 28.1 Å². The first-order valence-electron chi connectivity index (χ1n) is 7.07. The summed E-state index contributed by atoms with van der Waals surface area (Å²) < 4.78 is 5.61. The van der Waals surface area contributed by atoms with Crippen molar-refractivity contribution in [2.24, 2.45) is 16.7 Å². The summed E-state index contributed by atoms with van der Waals surface area (Å²) >= 11 is 0. The fourth-order valence-electron chi connectivity index (χ4n) is 3.54. The lowest BCUT2D eigenvalue weighted by molar-refractivity contribution is -0.151. The Balaban J connectivity index is 0.000000444. The quantitative estimate of drug-likeness (QED) is 0.434. The second-order valence-electron chi connectivity index (χ2n) is 6.62. The van der Waals surface area contributed by atoms with Crippen LogP contribution in [-0.2, 0) is 9.53 Å². The maximum absolute atomic E-state index is 11.6. The van der Waals surface area contributed by atoms with Gasteiger partial charge in [0.15, 0.2) is 0 Å². The van der Waals surface area contributed by atoms with Crippen molar-refractivity contribution in [3.8, 4) is 6.07 Å². The summed E-state index contributed by atoms with van der Waals surface area (Å²) in [6, 6.07) is 1.69. The minimum absolute atomic E-state index is 0.0884. The maximum Gasteiger partial charge on any atom is 0.333 e. The molecule has 0 aromatic carbocycles. The monoisotopic (exact) mass is 275 g/mol. The van der Waals surface area contributed by atoms with Crippen molar-refractivity contribution in [1.82, 2.24) is 0 Å². The van der Waals surface area contributed by atoms with Crippen LogP contribution in [0.1, 0.15) is 47.0 Å². The van der Waals surface area contributed by atoms with Gasteiger partial charge in [0.1, 0.15) is 6.10 Å². The molecule has 2 bridgehead atoms. The van der Waals surface area contributed by atoms with E-state index in [1.165, 1.54) is 18.9 Å². The Morgan fingerprint density at radius 3 is 2.30 bits per heavy atom. The fraction of sp³-hybridized carbons (Fsp3) is 0.647. The number of hydrogen-bond acceptors (Lipinski definition) is 3. The number of carbonyl (C=O) groups is 1. The largest absolute Gasteiger partial charge is 0.458 e. The predicted octanol–water partition coefficient (Wildman–Crippen LogP) is 4.02. The molecule has 2 rings (SSSR count). The average molecular weight is 275 g/mol. The number of nitriles is 1. The number of esters is 1. The lowest BCUT2D eigenvalue weighted by Crippen LogP contribution is -2.38. The summed E-state index contributed by atoms with van der Waals surface area (Å²) in [5, 5.41) is 7.51. The standard InChI is InChI=1S/C14H22O2.C3H3N/c1-9(2)12(15)16-11-8-10-6-7-14(11,5)13(10,3)4;1-2-3-4/h10-11H,1,6-8H2,2-5H3;2H,1H2/t10-,11-,14+;/m0./s1. The van der Waals surface area contributed by atoms with Crippen molar-refractivity contribution in [1.29, 1.82) is 5.26 Å². The molecule has 0 aliphatic heterocycles. The summed E-state index contributed by atoms with van der Waals surface area (Å²) in [5.74, 6) is 0.481. The van der Waals surface area contributed by atoms with Crippen LogP contribution in [0.5, 0.6) is 0 Å². The van der Waals surface area contributed by atoms with Crippen molar-refractivity contribution in [2.45, 2.75) is 53.1 Å². The Kier molecular flexibility index (Phi) is 4.81. The number of fused-ring (bicyclic) bond motifs is 2. The van der Waals surface area contributed by atoms with Gasteiger partial charge >= 0.3 is 5.97 Å². The highest BCUT2D eigenvalue weighted by Crippen LogP contribution is 2.66. The van der Waals surface area contributed by atoms with Crippen molar-refractivity contribution in [3.05, 3.63) is 24.8 Å². The third kappa shape index (κ3) is 2.65. The van der Waals surface area contributed by atoms with Crippen LogP contribution in [0.3, 0.4) is 0 Å². The number of carbonyl (C=O) groups excluding carboxylic acids is 1. The van der Waals surface area contributed by atoms with Gasteiger partial charge in [-0.1, -0.05) is 33.9 Å². The van der Waals surface area contributed by atoms with Gasteiger partial charge in [-0.05, 0) is 37.5 Å².